The number of amides is 2. The number of carbonyl (C=O) groups is 5. The summed E-state index contributed by atoms with van der Waals surface area (Å²) >= 11 is 0. The smallest absolute Gasteiger partial charge is 0.262 e. The van der Waals surface area contributed by atoms with E-state index in [2.05, 4.69) is 21.8 Å². The van der Waals surface area contributed by atoms with E-state index in [1.165, 1.54) is 0 Å². The van der Waals surface area contributed by atoms with E-state index in [4.69, 9.17) is 0 Å². The zero-order chi connectivity index (χ0) is 25.9. The monoisotopic (exact) mass is 488 g/mol. The minimum atomic E-state index is -0.953. The van der Waals surface area contributed by atoms with Gasteiger partial charge >= 0.3 is 0 Å². The Bertz CT molecular complexity index is 1260. The zero-order valence-corrected chi connectivity index (χ0v) is 20.3. The molecular formula is C27H28N4O5. The molecule has 1 saturated heterocycles. The summed E-state index contributed by atoms with van der Waals surface area (Å²) in [7, 11) is 0. The van der Waals surface area contributed by atoms with Crippen LogP contribution in [0.3, 0.4) is 0 Å². The second-order valence-electron chi connectivity index (χ2n) is 9.13. The molecule has 0 aliphatic carbocycles. The molecule has 0 spiro atoms. The Balaban J connectivity index is 1.42. The maximum absolute atomic E-state index is 12.9. The number of aldehydes is 3. The van der Waals surface area contributed by atoms with Crippen molar-refractivity contribution >= 4 is 36.4 Å². The summed E-state index contributed by atoms with van der Waals surface area (Å²) < 4.78 is 1.69. The maximum atomic E-state index is 12.9. The average Bonchev–Trinajstić information content (AvgIpc) is 3.44. The Morgan fingerprint density at radius 2 is 1.83 bits per heavy atom. The molecule has 2 aliphatic rings. The molecule has 1 aromatic heterocycles. The summed E-state index contributed by atoms with van der Waals surface area (Å²) in [6.07, 6.45) is 7.14. The van der Waals surface area contributed by atoms with Crippen LogP contribution >= 0.6 is 0 Å². The minimum absolute atomic E-state index is 0.0915. The summed E-state index contributed by atoms with van der Waals surface area (Å²) in [5, 5.41) is 4.34. The summed E-state index contributed by atoms with van der Waals surface area (Å²) in [4.78, 5) is 62.4. The van der Waals surface area contributed by atoms with E-state index in [1.807, 2.05) is 13.8 Å². The van der Waals surface area contributed by atoms with Crippen molar-refractivity contribution in [3.8, 4) is 11.8 Å². The third-order valence-electron chi connectivity index (χ3n) is 7.12. The number of aromatic nitrogens is 2. The molecule has 1 aromatic carbocycles. The molecule has 4 rings (SSSR count). The van der Waals surface area contributed by atoms with Crippen molar-refractivity contribution < 1.29 is 24.0 Å². The van der Waals surface area contributed by atoms with E-state index in [-0.39, 0.29) is 29.9 Å². The van der Waals surface area contributed by atoms with Gasteiger partial charge in [0.05, 0.1) is 34.8 Å². The fourth-order valence-corrected chi connectivity index (χ4v) is 4.63. The molecule has 2 amide bonds. The van der Waals surface area contributed by atoms with Crippen molar-refractivity contribution in [3.63, 3.8) is 0 Å². The number of carbonyl (C=O) groups excluding carboxylic acids is 5. The lowest BCUT2D eigenvalue weighted by Crippen LogP contribution is -2.46. The van der Waals surface area contributed by atoms with Gasteiger partial charge in [-0.2, -0.15) is 5.10 Å². The third-order valence-corrected chi connectivity index (χ3v) is 7.12. The van der Waals surface area contributed by atoms with Crippen LogP contribution in [0.1, 0.15) is 65.8 Å². The number of fused-ring (bicyclic) bond motifs is 1. The van der Waals surface area contributed by atoms with E-state index < -0.39 is 23.4 Å². The lowest BCUT2D eigenvalue weighted by Gasteiger charge is -2.38. The highest BCUT2D eigenvalue weighted by atomic mass is 16.2. The highest BCUT2D eigenvalue weighted by Crippen LogP contribution is 2.32. The van der Waals surface area contributed by atoms with Crippen molar-refractivity contribution in [2.24, 2.45) is 5.92 Å². The minimum Gasteiger partial charge on any atom is -0.369 e. The SMILES string of the molecule is CCC(C=O)(CC)n1cc(C#CC2CN(c3ccc4c(c3)C(=O)N(C(C=O)CCC=O)C4=O)C2)cn1. The average molecular weight is 489 g/mol. The number of rotatable bonds is 10. The summed E-state index contributed by atoms with van der Waals surface area (Å²) in [6.45, 7) is 5.26. The molecule has 1 unspecified atom stereocenters. The molecule has 0 radical (unpaired) electrons. The standard InChI is InChI=1S/C27H28N4O5/c1-3-27(4-2,18-34)30-16-19(13-28-30)7-8-20-14-29(15-20)21-9-10-23-24(12-21)26(36)31(25(23)35)22(17-33)6-5-11-32/h9-13,16-18,20,22H,3-6,14-15H2,1-2H3. The molecule has 9 nitrogen and oxygen atoms in total. The van der Waals surface area contributed by atoms with Crippen molar-refractivity contribution in [2.75, 3.05) is 18.0 Å². The number of imide groups is 1. The second kappa shape index (κ2) is 10.3. The van der Waals surface area contributed by atoms with Gasteiger partial charge in [-0.05, 0) is 37.5 Å². The number of anilines is 1. The quantitative estimate of drug-likeness (QED) is 0.287. The predicted octanol–water partition coefficient (Wildman–Crippen LogP) is 2.23. The number of benzene rings is 1. The van der Waals surface area contributed by atoms with Crippen molar-refractivity contribution in [1.29, 1.82) is 0 Å². The van der Waals surface area contributed by atoms with Gasteiger partial charge in [-0.25, -0.2) is 0 Å². The first-order valence-corrected chi connectivity index (χ1v) is 12.1. The molecule has 186 valence electrons. The van der Waals surface area contributed by atoms with Crippen molar-refractivity contribution in [3.05, 3.63) is 47.3 Å². The van der Waals surface area contributed by atoms with Gasteiger partial charge in [-0.15, -0.1) is 0 Å². The molecule has 3 heterocycles. The Kier molecular flexibility index (Phi) is 7.15. The van der Waals surface area contributed by atoms with Crippen LogP contribution in [-0.4, -0.2) is 64.5 Å². The Labute approximate surface area is 209 Å². The van der Waals surface area contributed by atoms with Gasteiger partial charge in [0, 0.05) is 31.4 Å². The number of hydrogen-bond acceptors (Lipinski definition) is 7. The Hall–Kier alpha value is -4.06. The topological polar surface area (TPSA) is 110 Å². The fourth-order valence-electron chi connectivity index (χ4n) is 4.63. The largest absolute Gasteiger partial charge is 0.369 e. The summed E-state index contributed by atoms with van der Waals surface area (Å²) in [5.74, 6) is 5.49. The van der Waals surface area contributed by atoms with Gasteiger partial charge in [-0.3, -0.25) is 19.2 Å². The number of hydrogen-bond donors (Lipinski definition) is 0. The molecule has 0 N–H and O–H groups in total. The van der Waals surface area contributed by atoms with Gasteiger partial charge < -0.3 is 19.3 Å². The summed E-state index contributed by atoms with van der Waals surface area (Å²) in [5.41, 5.74) is 1.45. The maximum Gasteiger partial charge on any atom is 0.262 e. The van der Waals surface area contributed by atoms with E-state index in [0.29, 0.717) is 38.5 Å². The van der Waals surface area contributed by atoms with Crippen LogP contribution in [0.4, 0.5) is 5.69 Å². The zero-order valence-electron chi connectivity index (χ0n) is 20.3. The van der Waals surface area contributed by atoms with Crippen molar-refractivity contribution in [2.45, 2.75) is 51.1 Å². The first-order valence-electron chi connectivity index (χ1n) is 12.1. The normalized spacial score (nSPS) is 16.2. The second-order valence-corrected chi connectivity index (χ2v) is 9.13. The van der Waals surface area contributed by atoms with Crippen LogP contribution in [0.15, 0.2) is 30.6 Å². The van der Waals surface area contributed by atoms with Gasteiger partial charge in [0.25, 0.3) is 11.8 Å². The predicted molar refractivity (Wildman–Crippen MR) is 132 cm³/mol. The lowest BCUT2D eigenvalue weighted by molar-refractivity contribution is -0.116. The van der Waals surface area contributed by atoms with E-state index >= 15 is 0 Å². The van der Waals surface area contributed by atoms with Crippen molar-refractivity contribution in [1.82, 2.24) is 14.7 Å². The molecular weight excluding hydrogens is 460 g/mol. The van der Waals surface area contributed by atoms with Crippen LogP contribution < -0.4 is 4.90 Å². The first-order chi connectivity index (χ1) is 17.4. The van der Waals surface area contributed by atoms with Gasteiger partial charge in [0.1, 0.15) is 24.4 Å². The highest BCUT2D eigenvalue weighted by molar-refractivity contribution is 6.22. The van der Waals surface area contributed by atoms with E-state index in [0.717, 1.165) is 22.4 Å². The Morgan fingerprint density at radius 1 is 1.11 bits per heavy atom. The molecule has 2 aliphatic heterocycles. The van der Waals surface area contributed by atoms with Crippen LogP contribution in [0.25, 0.3) is 0 Å². The fraction of sp³-hybridized carbons (Fsp3) is 0.407. The van der Waals surface area contributed by atoms with Gasteiger partial charge in [-0.1, -0.05) is 25.7 Å². The first kappa shape index (κ1) is 25.0. The van der Waals surface area contributed by atoms with Crippen LogP contribution in [0, 0.1) is 17.8 Å². The molecule has 9 heteroatoms. The Morgan fingerprint density at radius 3 is 2.47 bits per heavy atom. The third kappa shape index (κ3) is 4.35. The highest BCUT2D eigenvalue weighted by Gasteiger charge is 2.40. The van der Waals surface area contributed by atoms with Crippen LogP contribution in [-0.2, 0) is 19.9 Å². The molecule has 36 heavy (non-hydrogen) atoms. The molecule has 1 fully saturated rings. The van der Waals surface area contributed by atoms with E-state index in [9.17, 15) is 24.0 Å². The molecule has 1 atom stereocenters. The molecule has 2 aromatic rings. The van der Waals surface area contributed by atoms with E-state index in [1.54, 1.807) is 35.3 Å². The molecule has 0 saturated carbocycles. The van der Waals surface area contributed by atoms with Crippen LogP contribution in [0.5, 0.6) is 0 Å². The van der Waals surface area contributed by atoms with Gasteiger partial charge in [0.2, 0.25) is 0 Å². The molecule has 0 bridgehead atoms. The lowest BCUT2D eigenvalue weighted by atomic mass is 9.95. The number of nitrogens with zero attached hydrogens (tertiary/aromatic N) is 4. The van der Waals surface area contributed by atoms with Crippen LogP contribution in [0.2, 0.25) is 0 Å². The summed E-state index contributed by atoms with van der Waals surface area (Å²) in [6, 6.07) is 4.13. The van der Waals surface area contributed by atoms with Gasteiger partial charge in [0.15, 0.2) is 0 Å².